The van der Waals surface area contributed by atoms with Gasteiger partial charge in [-0.2, -0.15) is 0 Å². The highest BCUT2D eigenvalue weighted by Gasteiger charge is 2.31. The van der Waals surface area contributed by atoms with Gasteiger partial charge in [-0.25, -0.2) is 0 Å². The Morgan fingerprint density at radius 2 is 1.65 bits per heavy atom. The molecular weight excluding hydrogens is 550 g/mol. The molecule has 3 amide bonds. The molecule has 234 valence electrons. The van der Waals surface area contributed by atoms with Crippen LogP contribution in [-0.4, -0.2) is 54.8 Å². The zero-order valence-electron chi connectivity index (χ0n) is 25.8. The fourth-order valence-corrected chi connectivity index (χ4v) is 4.80. The number of rotatable bonds is 12. The third-order valence-corrected chi connectivity index (χ3v) is 7.20. The van der Waals surface area contributed by atoms with Gasteiger partial charge in [0, 0.05) is 12.3 Å². The van der Waals surface area contributed by atoms with E-state index in [9.17, 15) is 19.2 Å². The molecule has 2 unspecified atom stereocenters. The Morgan fingerprint density at radius 1 is 0.953 bits per heavy atom. The molecule has 10 heteroatoms. The summed E-state index contributed by atoms with van der Waals surface area (Å²) in [5.74, 6) is -2.91. The second kappa shape index (κ2) is 16.2. The van der Waals surface area contributed by atoms with Gasteiger partial charge in [-0.05, 0) is 55.2 Å². The van der Waals surface area contributed by atoms with Crippen LogP contribution in [0.3, 0.4) is 0 Å². The van der Waals surface area contributed by atoms with Gasteiger partial charge in [0.25, 0.3) is 0 Å². The second-order valence-corrected chi connectivity index (χ2v) is 11.8. The van der Waals surface area contributed by atoms with Gasteiger partial charge in [-0.3, -0.25) is 19.2 Å². The fourth-order valence-electron chi connectivity index (χ4n) is 4.80. The molecule has 2 aromatic carbocycles. The minimum atomic E-state index is -1.07. The number of ether oxygens (including phenoxy) is 3. The molecule has 1 saturated heterocycles. The summed E-state index contributed by atoms with van der Waals surface area (Å²) in [6.07, 6.45) is 2.00. The molecule has 1 fully saturated rings. The molecule has 3 N–H and O–H groups in total. The van der Waals surface area contributed by atoms with Crippen molar-refractivity contribution in [3.8, 4) is 0 Å². The lowest BCUT2D eigenvalue weighted by molar-refractivity contribution is -0.196. The zero-order chi connectivity index (χ0) is 31.4. The van der Waals surface area contributed by atoms with Gasteiger partial charge in [-0.1, -0.05) is 76.2 Å². The predicted molar refractivity (Wildman–Crippen MR) is 163 cm³/mol. The van der Waals surface area contributed by atoms with Crippen LogP contribution in [0.15, 0.2) is 54.6 Å². The molecule has 4 atom stereocenters. The number of hydrogen-bond acceptors (Lipinski definition) is 7. The minimum Gasteiger partial charge on any atom is -0.461 e. The maximum Gasteiger partial charge on any atom is 0.313 e. The van der Waals surface area contributed by atoms with Gasteiger partial charge in [0.15, 0.2) is 6.29 Å². The molecule has 0 bridgehead atoms. The number of amides is 3. The van der Waals surface area contributed by atoms with Crippen molar-refractivity contribution in [1.29, 1.82) is 0 Å². The summed E-state index contributed by atoms with van der Waals surface area (Å²) in [7, 11) is 0. The summed E-state index contributed by atoms with van der Waals surface area (Å²) >= 11 is 0. The topological polar surface area (TPSA) is 132 Å². The Bertz CT molecular complexity index is 1220. The zero-order valence-corrected chi connectivity index (χ0v) is 25.8. The van der Waals surface area contributed by atoms with E-state index in [1.165, 1.54) is 6.92 Å². The highest BCUT2D eigenvalue weighted by Crippen LogP contribution is 2.29. The Labute approximate surface area is 254 Å². The van der Waals surface area contributed by atoms with E-state index in [4.69, 9.17) is 14.2 Å². The lowest BCUT2D eigenvalue weighted by atomic mass is 9.86. The monoisotopic (exact) mass is 595 g/mol. The van der Waals surface area contributed by atoms with Crippen LogP contribution in [0.1, 0.15) is 77.8 Å². The number of esters is 1. The number of hydrogen-bond donors (Lipinski definition) is 3. The quantitative estimate of drug-likeness (QED) is 0.245. The van der Waals surface area contributed by atoms with Crippen molar-refractivity contribution in [3.05, 3.63) is 65.7 Å². The molecule has 0 radical (unpaired) electrons. The minimum absolute atomic E-state index is 0.101. The van der Waals surface area contributed by atoms with Crippen LogP contribution < -0.4 is 16.0 Å². The molecule has 10 nitrogen and oxygen atoms in total. The first-order valence-electron chi connectivity index (χ1n) is 15.0. The average Bonchev–Trinajstić information content (AvgIpc) is 2.99. The molecule has 3 rings (SSSR count). The molecule has 1 aliphatic heterocycles. The van der Waals surface area contributed by atoms with Gasteiger partial charge in [-0.15, -0.1) is 0 Å². The lowest BCUT2D eigenvalue weighted by Gasteiger charge is -2.32. The summed E-state index contributed by atoms with van der Waals surface area (Å²) < 4.78 is 17.4. The van der Waals surface area contributed by atoms with Crippen molar-refractivity contribution in [2.75, 3.05) is 11.9 Å². The van der Waals surface area contributed by atoms with E-state index in [-0.39, 0.29) is 18.4 Å². The first kappa shape index (κ1) is 33.7. The van der Waals surface area contributed by atoms with Gasteiger partial charge >= 0.3 is 17.8 Å². The SMILES string of the molecule is CCC(OC1CCCCO1)[C@H](CC(=O)OCc1ccccc1)NC(=O)[C@H](C)NC(=O)C(=O)Nc1ccccc1C(C)(C)C. The molecule has 0 spiro atoms. The number of carbonyl (C=O) groups is 4. The normalized spacial score (nSPS) is 17.2. The molecule has 43 heavy (non-hydrogen) atoms. The summed E-state index contributed by atoms with van der Waals surface area (Å²) in [5, 5.41) is 7.95. The summed E-state index contributed by atoms with van der Waals surface area (Å²) in [5.41, 5.74) is 1.98. The van der Waals surface area contributed by atoms with Crippen molar-refractivity contribution >= 4 is 29.4 Å². The predicted octanol–water partition coefficient (Wildman–Crippen LogP) is 4.37. The van der Waals surface area contributed by atoms with Crippen LogP contribution in [0.5, 0.6) is 0 Å². The van der Waals surface area contributed by atoms with E-state index in [2.05, 4.69) is 16.0 Å². The number of nitrogens with one attached hydrogen (secondary N) is 3. The molecule has 0 saturated carbocycles. The van der Waals surface area contributed by atoms with E-state index in [0.717, 1.165) is 30.4 Å². The smallest absolute Gasteiger partial charge is 0.313 e. The number of benzene rings is 2. The molecule has 1 heterocycles. The first-order valence-corrected chi connectivity index (χ1v) is 15.0. The average molecular weight is 596 g/mol. The number of anilines is 1. The van der Waals surface area contributed by atoms with Gasteiger partial charge in [0.1, 0.15) is 12.6 Å². The first-order chi connectivity index (χ1) is 20.5. The largest absolute Gasteiger partial charge is 0.461 e. The molecule has 2 aromatic rings. The molecule has 1 aliphatic rings. The van der Waals surface area contributed by atoms with Gasteiger partial charge < -0.3 is 30.2 Å². The lowest BCUT2D eigenvalue weighted by Crippen LogP contribution is -2.54. The van der Waals surface area contributed by atoms with Crippen LogP contribution in [0.4, 0.5) is 5.69 Å². The van der Waals surface area contributed by atoms with E-state index in [1.807, 2.05) is 70.2 Å². The van der Waals surface area contributed by atoms with E-state index >= 15 is 0 Å². The highest BCUT2D eigenvalue weighted by atomic mass is 16.7. The van der Waals surface area contributed by atoms with Crippen LogP contribution in [0.2, 0.25) is 0 Å². The standard InChI is InChI=1S/C33H45N3O7/c1-6-27(43-29-18-12-13-19-41-29)26(20-28(37)42-21-23-14-8-7-9-15-23)36-30(38)22(2)34-31(39)32(40)35-25-17-11-10-16-24(25)33(3,4)5/h7-11,14-17,22,26-27,29H,6,12-13,18-21H2,1-5H3,(H,34,39)(H,35,40)(H,36,38)/t22-,26-,27?,29?/m0/s1. The number of para-hydroxylation sites is 1. The summed E-state index contributed by atoms with van der Waals surface area (Å²) in [4.78, 5) is 51.6. The third kappa shape index (κ3) is 10.8. The van der Waals surface area contributed by atoms with Crippen molar-refractivity contribution < 1.29 is 33.4 Å². The van der Waals surface area contributed by atoms with Gasteiger partial charge in [0.05, 0.1) is 18.6 Å². The van der Waals surface area contributed by atoms with Crippen molar-refractivity contribution in [3.63, 3.8) is 0 Å². The molecular formula is C33H45N3O7. The van der Waals surface area contributed by atoms with Crippen molar-refractivity contribution in [2.24, 2.45) is 0 Å². The highest BCUT2D eigenvalue weighted by molar-refractivity contribution is 6.40. The molecule has 0 aliphatic carbocycles. The van der Waals surface area contributed by atoms with E-state index < -0.39 is 48.2 Å². The van der Waals surface area contributed by atoms with E-state index in [0.29, 0.717) is 18.7 Å². The van der Waals surface area contributed by atoms with Crippen LogP contribution in [-0.2, 0) is 45.4 Å². The van der Waals surface area contributed by atoms with E-state index in [1.54, 1.807) is 12.1 Å². The van der Waals surface area contributed by atoms with Crippen molar-refractivity contribution in [2.45, 2.75) is 103 Å². The Balaban J connectivity index is 1.64. The summed E-state index contributed by atoms with van der Waals surface area (Å²) in [6.45, 7) is 10.1. The second-order valence-electron chi connectivity index (χ2n) is 11.8. The Hall–Kier alpha value is -3.76. The van der Waals surface area contributed by atoms with Gasteiger partial charge in [0.2, 0.25) is 5.91 Å². The Kier molecular flexibility index (Phi) is 12.7. The van der Waals surface area contributed by atoms with Crippen molar-refractivity contribution in [1.82, 2.24) is 10.6 Å². The fraction of sp³-hybridized carbons (Fsp3) is 0.515. The van der Waals surface area contributed by atoms with Crippen LogP contribution in [0.25, 0.3) is 0 Å². The maximum absolute atomic E-state index is 13.2. The Morgan fingerprint density at radius 3 is 2.30 bits per heavy atom. The third-order valence-electron chi connectivity index (χ3n) is 7.20. The molecule has 0 aromatic heterocycles. The summed E-state index contributed by atoms with van der Waals surface area (Å²) in [6, 6.07) is 14.7. The van der Waals surface area contributed by atoms with Crippen LogP contribution >= 0.6 is 0 Å². The number of carbonyl (C=O) groups excluding carboxylic acids is 4. The maximum atomic E-state index is 13.2. The van der Waals surface area contributed by atoms with Crippen LogP contribution in [0, 0.1) is 0 Å².